The fourth-order valence-electron chi connectivity index (χ4n) is 4.45. The molecular formula is C25H30ClNO7. The highest BCUT2D eigenvalue weighted by atomic mass is 35.5. The third-order valence-electron chi connectivity index (χ3n) is 5.83. The molecule has 34 heavy (non-hydrogen) atoms. The molecule has 1 atom stereocenters. The molecule has 0 aliphatic heterocycles. The summed E-state index contributed by atoms with van der Waals surface area (Å²) in [6.07, 6.45) is 1.74. The molecule has 0 spiro atoms. The van der Waals surface area contributed by atoms with Crippen LogP contribution in [0.4, 0.5) is 5.69 Å². The number of nitro groups is 1. The van der Waals surface area contributed by atoms with Crippen LogP contribution in [0.3, 0.4) is 0 Å². The van der Waals surface area contributed by atoms with Gasteiger partial charge in [0.25, 0.3) is 0 Å². The number of methoxy groups -OCH3 is 2. The smallest absolute Gasteiger partial charge is 0.338 e. The van der Waals surface area contributed by atoms with Crippen LogP contribution in [0.5, 0.6) is 5.75 Å². The Balaban J connectivity index is 1.97. The van der Waals surface area contributed by atoms with E-state index in [0.717, 1.165) is 24.0 Å². The van der Waals surface area contributed by atoms with Crippen molar-refractivity contribution in [1.82, 2.24) is 0 Å². The molecule has 1 aliphatic carbocycles. The molecule has 184 valence electrons. The zero-order chi connectivity index (χ0) is 25.1. The Labute approximate surface area is 204 Å². The van der Waals surface area contributed by atoms with E-state index >= 15 is 0 Å². The molecule has 0 fully saturated rings. The van der Waals surface area contributed by atoms with Crippen molar-refractivity contribution in [2.75, 3.05) is 20.8 Å². The molecule has 1 unspecified atom stereocenters. The number of hydrogen-bond acceptors (Lipinski definition) is 7. The topological polar surface area (TPSA) is 97.1 Å². The van der Waals surface area contributed by atoms with Crippen LogP contribution in [0.25, 0.3) is 0 Å². The van der Waals surface area contributed by atoms with E-state index < -0.39 is 28.2 Å². The molecule has 1 aliphatic rings. The van der Waals surface area contributed by atoms with E-state index in [2.05, 4.69) is 0 Å². The number of carbonyl (C=O) groups is 1. The molecule has 0 saturated heterocycles. The maximum absolute atomic E-state index is 12.4. The van der Waals surface area contributed by atoms with Crippen molar-refractivity contribution in [3.8, 4) is 5.75 Å². The highest BCUT2D eigenvalue weighted by molar-refractivity contribution is 6.30. The Hall–Kier alpha value is -2.68. The van der Waals surface area contributed by atoms with Gasteiger partial charge in [-0.2, -0.15) is 0 Å². The summed E-state index contributed by atoms with van der Waals surface area (Å²) in [6.45, 7) is 5.26. The van der Waals surface area contributed by atoms with Crippen LogP contribution in [-0.4, -0.2) is 43.6 Å². The van der Waals surface area contributed by atoms with Gasteiger partial charge in [-0.25, -0.2) is 4.79 Å². The Morgan fingerprint density at radius 2 is 1.88 bits per heavy atom. The van der Waals surface area contributed by atoms with Crippen molar-refractivity contribution in [2.45, 2.75) is 57.3 Å². The number of aryl methyl sites for hydroxylation is 1. The zero-order valence-corrected chi connectivity index (χ0v) is 20.8. The quantitative estimate of drug-likeness (QED) is 0.209. The zero-order valence-electron chi connectivity index (χ0n) is 20.1. The molecule has 2 aromatic carbocycles. The Bertz CT molecular complexity index is 1060. The Morgan fingerprint density at radius 3 is 2.50 bits per heavy atom. The third-order valence-corrected chi connectivity index (χ3v) is 6.06. The van der Waals surface area contributed by atoms with Gasteiger partial charge in [-0.1, -0.05) is 17.7 Å². The predicted octanol–water partition coefficient (Wildman–Crippen LogP) is 5.48. The van der Waals surface area contributed by atoms with Crippen LogP contribution in [0.2, 0.25) is 5.02 Å². The predicted molar refractivity (Wildman–Crippen MR) is 128 cm³/mol. The number of halogens is 1. The molecule has 0 aromatic heterocycles. The minimum absolute atomic E-state index is 0.0451. The van der Waals surface area contributed by atoms with Gasteiger partial charge in [0.2, 0.25) is 0 Å². The van der Waals surface area contributed by atoms with E-state index in [4.69, 9.17) is 30.5 Å². The number of esters is 1. The van der Waals surface area contributed by atoms with Gasteiger partial charge in [0.05, 0.1) is 15.9 Å². The van der Waals surface area contributed by atoms with Gasteiger partial charge in [0, 0.05) is 25.3 Å². The van der Waals surface area contributed by atoms with Crippen LogP contribution in [-0.2, 0) is 26.0 Å². The third kappa shape index (κ3) is 5.51. The summed E-state index contributed by atoms with van der Waals surface area (Å²) in [5.74, 6) is -0.598. The minimum atomic E-state index is -0.722. The molecule has 0 saturated carbocycles. The number of nitrogens with zero attached hydrogens (tertiary/aromatic N) is 1. The highest BCUT2D eigenvalue weighted by Gasteiger charge is 2.45. The van der Waals surface area contributed by atoms with Crippen molar-refractivity contribution >= 4 is 23.3 Å². The Morgan fingerprint density at radius 1 is 1.18 bits per heavy atom. The first kappa shape index (κ1) is 25.9. The molecule has 3 rings (SSSR count). The fraction of sp³-hybridized carbons (Fsp3) is 0.480. The normalized spacial score (nSPS) is 17.9. The first-order valence-corrected chi connectivity index (χ1v) is 11.4. The van der Waals surface area contributed by atoms with Gasteiger partial charge in [-0.05, 0) is 75.4 Å². The van der Waals surface area contributed by atoms with Crippen molar-refractivity contribution in [3.05, 3.63) is 68.2 Å². The molecular weight excluding hydrogens is 462 g/mol. The molecule has 9 heteroatoms. The summed E-state index contributed by atoms with van der Waals surface area (Å²) in [5, 5.41) is 12.4. The van der Waals surface area contributed by atoms with Crippen LogP contribution >= 0.6 is 11.6 Å². The van der Waals surface area contributed by atoms with Crippen molar-refractivity contribution in [1.29, 1.82) is 0 Å². The van der Waals surface area contributed by atoms with E-state index in [1.54, 1.807) is 41.1 Å². The number of ether oxygens (including phenoxy) is 4. The average Bonchev–Trinajstić information content (AvgIpc) is 2.77. The molecule has 0 radical (unpaired) electrons. The van der Waals surface area contributed by atoms with E-state index in [-0.39, 0.29) is 23.6 Å². The van der Waals surface area contributed by atoms with E-state index in [9.17, 15) is 14.9 Å². The molecule has 0 amide bonds. The summed E-state index contributed by atoms with van der Waals surface area (Å²) in [6, 6.07) is 9.72. The van der Waals surface area contributed by atoms with Crippen molar-refractivity contribution < 1.29 is 28.7 Å². The summed E-state index contributed by atoms with van der Waals surface area (Å²) in [7, 11) is 3.11. The SMILES string of the molecule is COC(OC)C1(COc2ccc(C(=O)OC(C)(C)C)cc2[N+](=O)[O-])CCCc2cc(Cl)ccc21. The van der Waals surface area contributed by atoms with Gasteiger partial charge in [-0.3, -0.25) is 10.1 Å². The largest absolute Gasteiger partial charge is 0.486 e. The molecule has 2 aromatic rings. The summed E-state index contributed by atoms with van der Waals surface area (Å²) in [5.41, 5.74) is 0.366. The molecule has 0 bridgehead atoms. The van der Waals surface area contributed by atoms with E-state index in [0.29, 0.717) is 11.4 Å². The molecule has 0 heterocycles. The van der Waals surface area contributed by atoms with Gasteiger partial charge in [-0.15, -0.1) is 0 Å². The van der Waals surface area contributed by atoms with Crippen molar-refractivity contribution in [2.24, 2.45) is 0 Å². The molecule has 0 N–H and O–H groups in total. The summed E-state index contributed by atoms with van der Waals surface area (Å²) < 4.78 is 22.7. The number of benzene rings is 2. The Kier molecular flexibility index (Phi) is 7.85. The van der Waals surface area contributed by atoms with Crippen LogP contribution in [0.15, 0.2) is 36.4 Å². The van der Waals surface area contributed by atoms with E-state index in [1.807, 2.05) is 12.1 Å². The maximum Gasteiger partial charge on any atom is 0.338 e. The lowest BCUT2D eigenvalue weighted by atomic mass is 9.69. The van der Waals surface area contributed by atoms with Gasteiger partial charge >= 0.3 is 11.7 Å². The lowest BCUT2D eigenvalue weighted by Gasteiger charge is -2.42. The van der Waals surface area contributed by atoms with Gasteiger partial charge in [0.1, 0.15) is 12.2 Å². The van der Waals surface area contributed by atoms with Crippen LogP contribution in [0.1, 0.15) is 55.1 Å². The van der Waals surface area contributed by atoms with Gasteiger partial charge in [0.15, 0.2) is 12.0 Å². The van der Waals surface area contributed by atoms with Crippen molar-refractivity contribution in [3.63, 3.8) is 0 Å². The summed E-state index contributed by atoms with van der Waals surface area (Å²) >= 11 is 6.22. The first-order chi connectivity index (χ1) is 16.0. The average molecular weight is 492 g/mol. The lowest BCUT2D eigenvalue weighted by Crippen LogP contribution is -2.49. The number of hydrogen-bond donors (Lipinski definition) is 0. The van der Waals surface area contributed by atoms with Crippen LogP contribution in [0, 0.1) is 10.1 Å². The monoisotopic (exact) mass is 491 g/mol. The second-order valence-corrected chi connectivity index (χ2v) is 9.78. The number of rotatable bonds is 8. The molecule has 8 nitrogen and oxygen atoms in total. The van der Waals surface area contributed by atoms with Gasteiger partial charge < -0.3 is 18.9 Å². The first-order valence-electron chi connectivity index (χ1n) is 11.0. The summed E-state index contributed by atoms with van der Waals surface area (Å²) in [4.78, 5) is 23.6. The maximum atomic E-state index is 12.4. The highest BCUT2D eigenvalue weighted by Crippen LogP contribution is 2.43. The standard InChI is InChI=1S/C25H30ClNO7/c1-24(2,3)34-22(28)17-8-11-21(20(14-17)27(29)30)33-15-25(23(31-4)32-5)12-6-7-16-13-18(26)9-10-19(16)25/h8-11,13-14,23H,6-7,12,15H2,1-5H3. The number of nitro benzene ring substituents is 1. The number of carbonyl (C=O) groups excluding carboxylic acids is 1. The minimum Gasteiger partial charge on any atom is -0.486 e. The number of fused-ring (bicyclic) bond motifs is 1. The van der Waals surface area contributed by atoms with E-state index in [1.165, 1.54) is 18.2 Å². The van der Waals surface area contributed by atoms with Crippen LogP contribution < -0.4 is 4.74 Å². The second-order valence-electron chi connectivity index (χ2n) is 9.34. The fourth-order valence-corrected chi connectivity index (χ4v) is 4.64. The lowest BCUT2D eigenvalue weighted by molar-refractivity contribution is -0.386. The second kappa shape index (κ2) is 10.3.